The number of carbonyl (C=O) groups excluding carboxylic acids is 1. The van der Waals surface area contributed by atoms with Gasteiger partial charge < -0.3 is 10.3 Å². The van der Waals surface area contributed by atoms with E-state index in [4.69, 9.17) is 0 Å². The normalized spacial score (nSPS) is 18.1. The first-order chi connectivity index (χ1) is 13.9. The molecule has 4 rings (SSSR count). The van der Waals surface area contributed by atoms with Crippen molar-refractivity contribution < 1.29 is 18.0 Å². The smallest absolute Gasteiger partial charge is 0.342 e. The first-order valence-electron chi connectivity index (χ1n) is 9.52. The summed E-state index contributed by atoms with van der Waals surface area (Å²) in [6, 6.07) is 12.3. The lowest BCUT2D eigenvalue weighted by molar-refractivity contribution is -0.137. The number of rotatable bonds is 4. The third-order valence-corrected chi connectivity index (χ3v) is 5.16. The molecule has 0 bridgehead atoms. The summed E-state index contributed by atoms with van der Waals surface area (Å²) in [5.41, 5.74) is 1.55. The number of amides is 1. The largest absolute Gasteiger partial charge is 0.416 e. The van der Waals surface area contributed by atoms with Crippen LogP contribution in [0.1, 0.15) is 30.1 Å². The van der Waals surface area contributed by atoms with E-state index in [0.717, 1.165) is 48.4 Å². The number of alkyl halides is 3. The van der Waals surface area contributed by atoms with Gasteiger partial charge in [-0.2, -0.15) is 13.2 Å². The van der Waals surface area contributed by atoms with Crippen molar-refractivity contribution in [3.05, 3.63) is 59.9 Å². The van der Waals surface area contributed by atoms with Crippen LogP contribution in [0, 0.1) is 0 Å². The number of aromatic nitrogens is 2. The first kappa shape index (κ1) is 19.4. The number of nitrogens with zero attached hydrogens (tertiary/aromatic N) is 2. The Labute approximate surface area is 165 Å². The molecule has 2 aromatic carbocycles. The number of H-pyrrole nitrogens is 1. The van der Waals surface area contributed by atoms with Crippen LogP contribution in [0.5, 0.6) is 0 Å². The third kappa shape index (κ3) is 4.59. The van der Waals surface area contributed by atoms with Gasteiger partial charge in [-0.05, 0) is 55.8 Å². The molecule has 0 radical (unpaired) electrons. The number of halogens is 3. The van der Waals surface area contributed by atoms with Gasteiger partial charge in [0.05, 0.1) is 23.1 Å². The van der Waals surface area contributed by atoms with Crippen LogP contribution < -0.4 is 5.32 Å². The Morgan fingerprint density at radius 2 is 1.93 bits per heavy atom. The molecule has 0 aliphatic carbocycles. The van der Waals surface area contributed by atoms with E-state index in [0.29, 0.717) is 12.2 Å². The molecule has 29 heavy (non-hydrogen) atoms. The summed E-state index contributed by atoms with van der Waals surface area (Å²) in [6.07, 6.45) is -2.44. The van der Waals surface area contributed by atoms with Crippen LogP contribution >= 0.6 is 0 Å². The fraction of sp³-hybridized carbons (Fsp3) is 0.333. The lowest BCUT2D eigenvalue weighted by atomic mass is 9.97. The topological polar surface area (TPSA) is 61.0 Å². The van der Waals surface area contributed by atoms with E-state index in [2.05, 4.69) is 20.2 Å². The van der Waals surface area contributed by atoms with Crippen molar-refractivity contribution in [3.63, 3.8) is 0 Å². The predicted molar refractivity (Wildman–Crippen MR) is 105 cm³/mol. The van der Waals surface area contributed by atoms with Crippen LogP contribution in [0.15, 0.2) is 48.5 Å². The van der Waals surface area contributed by atoms with Crippen molar-refractivity contribution in [2.75, 3.05) is 25.0 Å². The van der Waals surface area contributed by atoms with Gasteiger partial charge >= 0.3 is 6.18 Å². The van der Waals surface area contributed by atoms with Gasteiger partial charge in [-0.15, -0.1) is 0 Å². The first-order valence-corrected chi connectivity index (χ1v) is 9.52. The number of hydrogen-bond acceptors (Lipinski definition) is 3. The number of benzene rings is 2. The molecule has 1 fully saturated rings. The van der Waals surface area contributed by atoms with E-state index in [1.807, 2.05) is 24.3 Å². The van der Waals surface area contributed by atoms with Crippen LogP contribution in [-0.4, -0.2) is 40.4 Å². The highest BCUT2D eigenvalue weighted by Gasteiger charge is 2.30. The predicted octanol–water partition coefficient (Wildman–Crippen LogP) is 4.40. The average molecular weight is 402 g/mol. The van der Waals surface area contributed by atoms with Gasteiger partial charge in [0.2, 0.25) is 5.91 Å². The molecule has 3 aromatic rings. The maximum atomic E-state index is 12.6. The zero-order chi connectivity index (χ0) is 20.4. The number of fused-ring (bicyclic) bond motifs is 1. The third-order valence-electron chi connectivity index (χ3n) is 5.16. The fourth-order valence-electron chi connectivity index (χ4n) is 3.73. The number of aromatic amines is 1. The Kier molecular flexibility index (Phi) is 5.27. The molecule has 0 spiro atoms. The summed E-state index contributed by atoms with van der Waals surface area (Å²) < 4.78 is 37.9. The number of piperidine rings is 1. The molecule has 1 saturated heterocycles. The number of carbonyl (C=O) groups is 1. The van der Waals surface area contributed by atoms with Crippen LogP contribution in [0.2, 0.25) is 0 Å². The van der Waals surface area contributed by atoms with Gasteiger partial charge in [-0.25, -0.2) is 4.98 Å². The second kappa shape index (κ2) is 7.87. The number of likely N-dealkylation sites (tertiary alicyclic amines) is 1. The highest BCUT2D eigenvalue weighted by atomic mass is 19.4. The maximum Gasteiger partial charge on any atom is 0.416 e. The van der Waals surface area contributed by atoms with Crippen molar-refractivity contribution in [3.8, 4) is 0 Å². The van der Waals surface area contributed by atoms with Gasteiger partial charge in [0.1, 0.15) is 5.82 Å². The van der Waals surface area contributed by atoms with Crippen LogP contribution in [0.3, 0.4) is 0 Å². The standard InChI is InChI=1S/C21H21F3N4O/c22-21(23,24)15-7-9-16(10-8-15)25-19(29)13-28-11-3-4-14(12-28)20-26-17-5-1-2-6-18(17)27-20/h1-2,5-10,14H,3-4,11-13H2,(H,25,29)(H,26,27)/t14-/m0/s1. The monoisotopic (exact) mass is 402 g/mol. The van der Waals surface area contributed by atoms with Crippen molar-refractivity contribution in [1.29, 1.82) is 0 Å². The Bertz CT molecular complexity index is 964. The van der Waals surface area contributed by atoms with E-state index >= 15 is 0 Å². The zero-order valence-electron chi connectivity index (χ0n) is 15.7. The number of para-hydroxylation sites is 2. The lowest BCUT2D eigenvalue weighted by Gasteiger charge is -2.31. The fourth-order valence-corrected chi connectivity index (χ4v) is 3.73. The maximum absolute atomic E-state index is 12.6. The van der Waals surface area contributed by atoms with Crippen molar-refractivity contribution in [2.24, 2.45) is 0 Å². The van der Waals surface area contributed by atoms with E-state index in [1.165, 1.54) is 12.1 Å². The molecule has 2 heterocycles. The second-order valence-corrected chi connectivity index (χ2v) is 7.34. The molecule has 8 heteroatoms. The molecule has 1 aliphatic heterocycles. The molecule has 152 valence electrons. The molecule has 2 N–H and O–H groups in total. The van der Waals surface area contributed by atoms with Gasteiger partial charge in [0.15, 0.2) is 0 Å². The summed E-state index contributed by atoms with van der Waals surface area (Å²) in [6.45, 7) is 1.70. The Morgan fingerprint density at radius 1 is 1.17 bits per heavy atom. The average Bonchev–Trinajstić information content (AvgIpc) is 3.12. The van der Waals surface area contributed by atoms with Crippen LogP contribution in [0.4, 0.5) is 18.9 Å². The summed E-state index contributed by atoms with van der Waals surface area (Å²) in [5.74, 6) is 0.907. The van der Waals surface area contributed by atoms with Crippen molar-refractivity contribution >= 4 is 22.6 Å². The molecule has 1 atom stereocenters. The molecule has 1 aromatic heterocycles. The highest BCUT2D eigenvalue weighted by Crippen LogP contribution is 2.30. The molecular formula is C21H21F3N4O. The number of nitrogens with one attached hydrogen (secondary N) is 2. The van der Waals surface area contributed by atoms with E-state index in [9.17, 15) is 18.0 Å². The van der Waals surface area contributed by atoms with Gasteiger partial charge in [0, 0.05) is 18.2 Å². The van der Waals surface area contributed by atoms with E-state index < -0.39 is 11.7 Å². The van der Waals surface area contributed by atoms with E-state index in [-0.39, 0.29) is 18.4 Å². The summed E-state index contributed by atoms with van der Waals surface area (Å²) in [4.78, 5) is 22.4. The summed E-state index contributed by atoms with van der Waals surface area (Å²) in [7, 11) is 0. The zero-order valence-corrected chi connectivity index (χ0v) is 15.7. The van der Waals surface area contributed by atoms with Gasteiger partial charge in [-0.1, -0.05) is 12.1 Å². The minimum Gasteiger partial charge on any atom is -0.342 e. The van der Waals surface area contributed by atoms with Crippen LogP contribution in [0.25, 0.3) is 11.0 Å². The molecule has 1 aliphatic rings. The summed E-state index contributed by atoms with van der Waals surface area (Å²) >= 11 is 0. The second-order valence-electron chi connectivity index (χ2n) is 7.34. The summed E-state index contributed by atoms with van der Waals surface area (Å²) in [5, 5.41) is 2.67. The Balaban J connectivity index is 1.35. The SMILES string of the molecule is O=C(CN1CCC[C@H](c2nc3ccccc3[nH]2)C1)Nc1ccc(C(F)(F)F)cc1. The lowest BCUT2D eigenvalue weighted by Crippen LogP contribution is -2.40. The van der Waals surface area contributed by atoms with Crippen molar-refractivity contribution in [2.45, 2.75) is 24.9 Å². The Hall–Kier alpha value is -2.87. The van der Waals surface area contributed by atoms with Gasteiger partial charge in [-0.3, -0.25) is 9.69 Å². The number of imidazole rings is 1. The molecule has 1 amide bonds. The highest BCUT2D eigenvalue weighted by molar-refractivity contribution is 5.92. The molecule has 0 saturated carbocycles. The quantitative estimate of drug-likeness (QED) is 0.680. The minimum absolute atomic E-state index is 0.192. The molecule has 5 nitrogen and oxygen atoms in total. The Morgan fingerprint density at radius 3 is 2.66 bits per heavy atom. The van der Waals surface area contributed by atoms with Crippen molar-refractivity contribution in [1.82, 2.24) is 14.9 Å². The molecule has 0 unspecified atom stereocenters. The number of anilines is 1. The van der Waals surface area contributed by atoms with E-state index in [1.54, 1.807) is 0 Å². The minimum atomic E-state index is -4.39. The number of hydrogen-bond donors (Lipinski definition) is 2. The molecular weight excluding hydrogens is 381 g/mol. The van der Waals surface area contributed by atoms with Crippen LogP contribution in [-0.2, 0) is 11.0 Å². The van der Waals surface area contributed by atoms with Gasteiger partial charge in [0.25, 0.3) is 0 Å².